The molecule has 2 aromatic heterocycles. The molecule has 7 nitrogen and oxygen atoms in total. The summed E-state index contributed by atoms with van der Waals surface area (Å²) in [6.07, 6.45) is 6.64. The van der Waals surface area contributed by atoms with Gasteiger partial charge in [-0.05, 0) is 36.1 Å². The van der Waals surface area contributed by atoms with Crippen molar-refractivity contribution < 1.29 is 23.1 Å². The van der Waals surface area contributed by atoms with Crippen LogP contribution in [0.1, 0.15) is 30.9 Å². The molecule has 10 heteroatoms. The Bertz CT molecular complexity index is 1240. The van der Waals surface area contributed by atoms with E-state index in [0.29, 0.717) is 48.0 Å². The number of hydrogen-bond acceptors (Lipinski definition) is 6. The third-order valence-electron chi connectivity index (χ3n) is 5.58. The number of aromatic nitrogens is 1. The van der Waals surface area contributed by atoms with Crippen LogP contribution in [0.25, 0.3) is 16.5 Å². The van der Waals surface area contributed by atoms with Crippen molar-refractivity contribution in [2.24, 2.45) is 0 Å². The minimum absolute atomic E-state index is 0.0301. The molecule has 1 amide bonds. The number of pyridine rings is 1. The quantitative estimate of drug-likeness (QED) is 0.387. The van der Waals surface area contributed by atoms with Crippen molar-refractivity contribution in [1.82, 2.24) is 9.88 Å². The molecule has 0 bridgehead atoms. The molecule has 3 heterocycles. The number of nitrogens with zero attached hydrogens (tertiary/aromatic N) is 2. The van der Waals surface area contributed by atoms with Crippen LogP contribution in [0.2, 0.25) is 10.0 Å². The summed E-state index contributed by atoms with van der Waals surface area (Å²) in [4.78, 5) is 18.0. The first-order valence-corrected chi connectivity index (χ1v) is 11.7. The molecule has 0 atom stereocenters. The molecule has 0 spiro atoms. The van der Waals surface area contributed by atoms with Crippen LogP contribution in [0.15, 0.2) is 35.1 Å². The van der Waals surface area contributed by atoms with Crippen molar-refractivity contribution in [2.45, 2.75) is 26.2 Å². The van der Waals surface area contributed by atoms with Gasteiger partial charge in [-0.15, -0.1) is 0 Å². The molecule has 1 aliphatic heterocycles. The van der Waals surface area contributed by atoms with E-state index in [2.05, 4.69) is 4.98 Å². The van der Waals surface area contributed by atoms with E-state index >= 15 is 0 Å². The van der Waals surface area contributed by atoms with Gasteiger partial charge >= 0.3 is 6.09 Å². The number of rotatable bonds is 7. The van der Waals surface area contributed by atoms with E-state index in [-0.39, 0.29) is 30.0 Å². The van der Waals surface area contributed by atoms with Gasteiger partial charge in [-0.1, -0.05) is 36.2 Å². The number of carbonyl (C=O) groups is 1. The van der Waals surface area contributed by atoms with Gasteiger partial charge in [-0.2, -0.15) is 0 Å². The Morgan fingerprint density at radius 2 is 2.15 bits per heavy atom. The molecule has 0 radical (unpaired) electrons. The number of nitrogen functional groups attached to an aromatic ring is 1. The molecule has 0 saturated carbocycles. The molecule has 0 aliphatic carbocycles. The third kappa shape index (κ3) is 4.93. The molecule has 3 aromatic rings. The lowest BCUT2D eigenvalue weighted by atomic mass is 10.00. The van der Waals surface area contributed by atoms with Crippen molar-refractivity contribution in [3.05, 3.63) is 57.7 Å². The Morgan fingerprint density at radius 1 is 1.32 bits per heavy atom. The van der Waals surface area contributed by atoms with Crippen LogP contribution in [0, 0.1) is 5.82 Å². The molecule has 4 rings (SSSR count). The summed E-state index contributed by atoms with van der Waals surface area (Å²) in [6.45, 7) is 3.50. The van der Waals surface area contributed by atoms with Crippen LogP contribution in [-0.2, 0) is 11.2 Å². The normalized spacial score (nSPS) is 13.8. The fourth-order valence-corrected chi connectivity index (χ4v) is 4.34. The molecular formula is C24H24Cl2FN3O4. The highest BCUT2D eigenvalue weighted by Crippen LogP contribution is 2.38. The van der Waals surface area contributed by atoms with E-state index in [0.717, 1.165) is 22.9 Å². The standard InChI is InChI=1S/C24H24Cl2FN3O4/c1-2-10-33-24(31)30-8-5-14(6-9-30)17-13-34-21-16(17)12-29-23(28)22(21)32-11-7-15-18(25)3-4-19(27)20(15)26/h3-5,12-13H,2,6-11H2,1H3,(H2,28,29). The molecule has 0 saturated heterocycles. The molecule has 34 heavy (non-hydrogen) atoms. The number of ether oxygens (including phenoxy) is 2. The zero-order valence-corrected chi connectivity index (χ0v) is 20.1. The molecule has 0 fully saturated rings. The highest BCUT2D eigenvalue weighted by molar-refractivity contribution is 6.36. The number of hydrogen-bond donors (Lipinski definition) is 1. The minimum atomic E-state index is -0.544. The van der Waals surface area contributed by atoms with Crippen LogP contribution >= 0.6 is 23.2 Å². The second kappa shape index (κ2) is 10.5. The number of fused-ring (bicyclic) bond motifs is 1. The first-order chi connectivity index (χ1) is 16.4. The van der Waals surface area contributed by atoms with Crippen LogP contribution in [0.3, 0.4) is 0 Å². The van der Waals surface area contributed by atoms with E-state index in [1.807, 2.05) is 13.0 Å². The van der Waals surface area contributed by atoms with Gasteiger partial charge in [0.15, 0.2) is 11.4 Å². The average molecular weight is 508 g/mol. The van der Waals surface area contributed by atoms with Crippen molar-refractivity contribution in [3.63, 3.8) is 0 Å². The lowest BCUT2D eigenvalue weighted by molar-refractivity contribution is 0.106. The fraction of sp³-hybridized carbons (Fsp3) is 0.333. The Balaban J connectivity index is 1.50. The maximum atomic E-state index is 13.8. The fourth-order valence-electron chi connectivity index (χ4n) is 3.78. The first kappa shape index (κ1) is 24.2. The predicted molar refractivity (Wildman–Crippen MR) is 130 cm³/mol. The van der Waals surface area contributed by atoms with Gasteiger partial charge in [0, 0.05) is 36.3 Å². The predicted octanol–water partition coefficient (Wildman–Crippen LogP) is 6.11. The average Bonchev–Trinajstić information content (AvgIpc) is 3.27. The van der Waals surface area contributed by atoms with Crippen LogP contribution in [0.5, 0.6) is 5.75 Å². The lowest BCUT2D eigenvalue weighted by Gasteiger charge is -2.25. The highest BCUT2D eigenvalue weighted by atomic mass is 35.5. The van der Waals surface area contributed by atoms with E-state index in [1.165, 1.54) is 12.1 Å². The maximum Gasteiger partial charge on any atom is 0.410 e. The Labute approximate surface area is 206 Å². The second-order valence-corrected chi connectivity index (χ2v) is 8.61. The number of benzene rings is 1. The summed E-state index contributed by atoms with van der Waals surface area (Å²) < 4.78 is 30.7. The smallest absolute Gasteiger partial charge is 0.410 e. The number of anilines is 1. The topological polar surface area (TPSA) is 90.8 Å². The number of furan rings is 1. The third-order valence-corrected chi connectivity index (χ3v) is 6.34. The van der Waals surface area contributed by atoms with Gasteiger partial charge in [0.1, 0.15) is 5.82 Å². The maximum absolute atomic E-state index is 13.8. The Kier molecular flexibility index (Phi) is 7.48. The van der Waals surface area contributed by atoms with Crippen molar-refractivity contribution >= 4 is 51.7 Å². The molecule has 1 aliphatic rings. The second-order valence-electron chi connectivity index (χ2n) is 7.82. The van der Waals surface area contributed by atoms with Gasteiger partial charge in [0.25, 0.3) is 0 Å². The van der Waals surface area contributed by atoms with E-state index in [9.17, 15) is 9.18 Å². The number of carbonyl (C=O) groups excluding carboxylic acids is 1. The number of nitrogens with two attached hydrogens (primary N) is 1. The van der Waals surface area contributed by atoms with E-state index < -0.39 is 5.82 Å². The Morgan fingerprint density at radius 3 is 2.88 bits per heavy atom. The van der Waals surface area contributed by atoms with E-state index in [1.54, 1.807) is 17.4 Å². The molecule has 0 unspecified atom stereocenters. The van der Waals surface area contributed by atoms with Gasteiger partial charge in [0.05, 0.1) is 29.9 Å². The number of amides is 1. The van der Waals surface area contributed by atoms with Gasteiger partial charge < -0.3 is 24.5 Å². The van der Waals surface area contributed by atoms with Crippen molar-refractivity contribution in [2.75, 3.05) is 32.0 Å². The summed E-state index contributed by atoms with van der Waals surface area (Å²) >= 11 is 12.2. The summed E-state index contributed by atoms with van der Waals surface area (Å²) in [5.74, 6) is -0.0705. The van der Waals surface area contributed by atoms with E-state index in [4.69, 9.17) is 42.8 Å². The SMILES string of the molecule is CCCOC(=O)N1CC=C(c2coc3c(OCCc4c(Cl)ccc(F)c4Cl)c(N)ncc23)CC1. The largest absolute Gasteiger partial charge is 0.486 e. The summed E-state index contributed by atoms with van der Waals surface area (Å²) in [5, 5.41) is 1.08. The molecule has 180 valence electrons. The monoisotopic (exact) mass is 507 g/mol. The molecule has 1 aromatic carbocycles. The molecular weight excluding hydrogens is 484 g/mol. The molecule has 2 N–H and O–H groups in total. The van der Waals surface area contributed by atoms with Gasteiger partial charge in [-0.3, -0.25) is 0 Å². The number of halogens is 3. The van der Waals surface area contributed by atoms with Crippen LogP contribution < -0.4 is 10.5 Å². The lowest BCUT2D eigenvalue weighted by Crippen LogP contribution is -2.35. The summed E-state index contributed by atoms with van der Waals surface area (Å²) in [5.41, 5.74) is 8.87. The van der Waals surface area contributed by atoms with Crippen LogP contribution in [0.4, 0.5) is 15.0 Å². The van der Waals surface area contributed by atoms with Gasteiger partial charge in [-0.25, -0.2) is 14.2 Å². The minimum Gasteiger partial charge on any atom is -0.486 e. The first-order valence-electron chi connectivity index (χ1n) is 10.9. The van der Waals surface area contributed by atoms with Gasteiger partial charge in [0.2, 0.25) is 5.75 Å². The highest BCUT2D eigenvalue weighted by Gasteiger charge is 2.23. The zero-order chi connectivity index (χ0) is 24.2. The Hall–Kier alpha value is -2.97. The summed E-state index contributed by atoms with van der Waals surface area (Å²) in [6, 6.07) is 2.67. The van der Waals surface area contributed by atoms with Crippen molar-refractivity contribution in [1.29, 1.82) is 0 Å². The van der Waals surface area contributed by atoms with Crippen molar-refractivity contribution in [3.8, 4) is 5.75 Å². The summed E-state index contributed by atoms with van der Waals surface area (Å²) in [7, 11) is 0. The van der Waals surface area contributed by atoms with Crippen LogP contribution in [-0.4, -0.2) is 42.3 Å². The zero-order valence-electron chi connectivity index (χ0n) is 18.6.